The maximum atomic E-state index is 5.70. The number of halogens is 1. The first-order valence-corrected chi connectivity index (χ1v) is 7.45. The van der Waals surface area contributed by atoms with Crippen LogP contribution in [0.5, 0.6) is 0 Å². The van der Waals surface area contributed by atoms with E-state index in [1.165, 1.54) is 10.0 Å². The molecule has 0 amide bonds. The van der Waals surface area contributed by atoms with E-state index in [-0.39, 0.29) is 6.10 Å². The Hall–Kier alpha value is 0.100. The second-order valence-corrected chi connectivity index (χ2v) is 5.66. The lowest BCUT2D eigenvalue weighted by Crippen LogP contribution is -2.27. The van der Waals surface area contributed by atoms with Gasteiger partial charge in [-0.05, 0) is 53.7 Å². The minimum atomic E-state index is 0.281. The van der Waals surface area contributed by atoms with Gasteiger partial charge >= 0.3 is 0 Å². The summed E-state index contributed by atoms with van der Waals surface area (Å²) in [5.74, 6) is 0. The van der Waals surface area contributed by atoms with Crippen molar-refractivity contribution in [3.8, 4) is 0 Å². The second kappa shape index (κ2) is 7.43. The molecule has 0 saturated heterocycles. The molecule has 1 rings (SSSR count). The van der Waals surface area contributed by atoms with E-state index in [1.54, 1.807) is 11.3 Å². The Morgan fingerprint density at radius 3 is 2.69 bits per heavy atom. The standard InChI is InChI=1S/C12H20BrNOS/c1-4-5-14-12(6-15-9(2)3)10-7-16-8-11(10)13/h7-9,12,14H,4-6H2,1-3H3. The Morgan fingerprint density at radius 2 is 2.19 bits per heavy atom. The van der Waals surface area contributed by atoms with E-state index < -0.39 is 0 Å². The highest BCUT2D eigenvalue weighted by molar-refractivity contribution is 9.10. The maximum absolute atomic E-state index is 5.70. The molecule has 92 valence electrons. The topological polar surface area (TPSA) is 21.3 Å². The summed E-state index contributed by atoms with van der Waals surface area (Å²) in [4.78, 5) is 0. The minimum absolute atomic E-state index is 0.281. The van der Waals surface area contributed by atoms with Crippen molar-refractivity contribution in [1.29, 1.82) is 0 Å². The van der Waals surface area contributed by atoms with Crippen LogP contribution in [0.25, 0.3) is 0 Å². The molecule has 0 saturated carbocycles. The fraction of sp³-hybridized carbons (Fsp3) is 0.667. The Balaban J connectivity index is 2.60. The van der Waals surface area contributed by atoms with Crippen LogP contribution in [-0.4, -0.2) is 19.3 Å². The molecule has 1 unspecified atom stereocenters. The second-order valence-electron chi connectivity index (χ2n) is 4.06. The molecule has 16 heavy (non-hydrogen) atoms. The van der Waals surface area contributed by atoms with Gasteiger partial charge < -0.3 is 10.1 Å². The van der Waals surface area contributed by atoms with Gasteiger partial charge in [-0.15, -0.1) is 0 Å². The first kappa shape index (κ1) is 14.2. The predicted molar refractivity (Wildman–Crippen MR) is 74.1 cm³/mol. The van der Waals surface area contributed by atoms with E-state index in [1.807, 2.05) is 0 Å². The van der Waals surface area contributed by atoms with Crippen LogP contribution in [-0.2, 0) is 4.74 Å². The van der Waals surface area contributed by atoms with Gasteiger partial charge in [0.2, 0.25) is 0 Å². The van der Waals surface area contributed by atoms with Crippen LogP contribution in [0.2, 0.25) is 0 Å². The molecule has 1 aromatic heterocycles. The van der Waals surface area contributed by atoms with E-state index in [0.29, 0.717) is 6.04 Å². The smallest absolute Gasteiger partial charge is 0.0665 e. The third kappa shape index (κ3) is 4.53. The molecule has 1 N–H and O–H groups in total. The first-order valence-electron chi connectivity index (χ1n) is 5.71. The zero-order valence-corrected chi connectivity index (χ0v) is 12.5. The molecule has 0 radical (unpaired) electrons. The lowest BCUT2D eigenvalue weighted by Gasteiger charge is -2.19. The van der Waals surface area contributed by atoms with E-state index >= 15 is 0 Å². The van der Waals surface area contributed by atoms with Gasteiger partial charge in [0.25, 0.3) is 0 Å². The molecule has 0 aliphatic carbocycles. The van der Waals surface area contributed by atoms with Gasteiger partial charge in [0.1, 0.15) is 0 Å². The summed E-state index contributed by atoms with van der Waals surface area (Å²) in [5, 5.41) is 7.82. The summed E-state index contributed by atoms with van der Waals surface area (Å²) < 4.78 is 6.88. The normalized spacial score (nSPS) is 13.3. The molecule has 0 bridgehead atoms. The van der Waals surface area contributed by atoms with Gasteiger partial charge in [0.05, 0.1) is 18.8 Å². The fourth-order valence-electron chi connectivity index (χ4n) is 1.41. The molecule has 1 atom stereocenters. The molecule has 0 fully saturated rings. The van der Waals surface area contributed by atoms with Gasteiger partial charge in [-0.25, -0.2) is 0 Å². The molecule has 2 nitrogen and oxygen atoms in total. The maximum Gasteiger partial charge on any atom is 0.0665 e. The lowest BCUT2D eigenvalue weighted by atomic mass is 10.1. The SMILES string of the molecule is CCCNC(COC(C)C)c1cscc1Br. The van der Waals surface area contributed by atoms with Crippen molar-refractivity contribution in [3.05, 3.63) is 20.8 Å². The van der Waals surface area contributed by atoms with Crippen LogP contribution in [0.15, 0.2) is 15.2 Å². The average Bonchev–Trinajstić information content (AvgIpc) is 2.65. The van der Waals surface area contributed by atoms with Crippen LogP contribution in [0.4, 0.5) is 0 Å². The third-order valence-corrected chi connectivity index (χ3v) is 4.01. The summed E-state index contributed by atoms with van der Waals surface area (Å²) in [6.07, 6.45) is 1.42. The van der Waals surface area contributed by atoms with Gasteiger partial charge in [-0.2, -0.15) is 11.3 Å². The summed E-state index contributed by atoms with van der Waals surface area (Å²) in [6.45, 7) is 8.07. The van der Waals surface area contributed by atoms with Gasteiger partial charge in [0.15, 0.2) is 0 Å². The predicted octanol–water partition coefficient (Wildman–Crippen LogP) is 3.98. The fourth-order valence-corrected chi connectivity index (χ4v) is 3.03. The highest BCUT2D eigenvalue weighted by atomic mass is 79.9. The van der Waals surface area contributed by atoms with E-state index in [4.69, 9.17) is 4.74 Å². The molecule has 4 heteroatoms. The Labute approximate surface area is 111 Å². The lowest BCUT2D eigenvalue weighted by molar-refractivity contribution is 0.0611. The van der Waals surface area contributed by atoms with Crippen LogP contribution in [0, 0.1) is 0 Å². The van der Waals surface area contributed by atoms with Crippen molar-refractivity contribution < 1.29 is 4.74 Å². The van der Waals surface area contributed by atoms with E-state index in [9.17, 15) is 0 Å². The zero-order chi connectivity index (χ0) is 12.0. The zero-order valence-electron chi connectivity index (χ0n) is 10.1. The van der Waals surface area contributed by atoms with Crippen molar-refractivity contribution in [2.24, 2.45) is 0 Å². The van der Waals surface area contributed by atoms with Crippen molar-refractivity contribution in [2.75, 3.05) is 13.2 Å². The summed E-state index contributed by atoms with van der Waals surface area (Å²) >= 11 is 5.30. The minimum Gasteiger partial charge on any atom is -0.377 e. The van der Waals surface area contributed by atoms with Gasteiger partial charge in [0, 0.05) is 9.85 Å². The van der Waals surface area contributed by atoms with Gasteiger partial charge in [-0.1, -0.05) is 6.92 Å². The van der Waals surface area contributed by atoms with Crippen molar-refractivity contribution in [3.63, 3.8) is 0 Å². The Bertz CT molecular complexity index is 301. The Morgan fingerprint density at radius 1 is 1.44 bits per heavy atom. The monoisotopic (exact) mass is 305 g/mol. The van der Waals surface area contributed by atoms with Crippen LogP contribution in [0.3, 0.4) is 0 Å². The van der Waals surface area contributed by atoms with Crippen LogP contribution in [0.1, 0.15) is 38.8 Å². The average molecular weight is 306 g/mol. The van der Waals surface area contributed by atoms with E-state index in [0.717, 1.165) is 19.6 Å². The van der Waals surface area contributed by atoms with Crippen molar-refractivity contribution >= 4 is 27.3 Å². The number of ether oxygens (including phenoxy) is 1. The Kier molecular flexibility index (Phi) is 6.58. The summed E-state index contributed by atoms with van der Waals surface area (Å²) in [6, 6.07) is 0.294. The molecule has 1 heterocycles. The third-order valence-electron chi connectivity index (χ3n) is 2.25. The van der Waals surface area contributed by atoms with Crippen LogP contribution < -0.4 is 5.32 Å². The molecule has 0 aliphatic rings. The van der Waals surface area contributed by atoms with Crippen molar-refractivity contribution in [1.82, 2.24) is 5.32 Å². The molecule has 1 aromatic rings. The highest BCUT2D eigenvalue weighted by Crippen LogP contribution is 2.27. The molecule has 0 aromatic carbocycles. The summed E-state index contributed by atoms with van der Waals surface area (Å²) in [5.41, 5.74) is 1.30. The molecular weight excluding hydrogens is 286 g/mol. The molecule has 0 aliphatic heterocycles. The number of thiophene rings is 1. The quantitative estimate of drug-likeness (QED) is 0.823. The number of hydrogen-bond acceptors (Lipinski definition) is 3. The van der Waals surface area contributed by atoms with Crippen LogP contribution >= 0.6 is 27.3 Å². The number of rotatable bonds is 7. The number of nitrogens with one attached hydrogen (secondary N) is 1. The molecule has 0 spiro atoms. The first-order chi connectivity index (χ1) is 7.65. The summed E-state index contributed by atoms with van der Waals surface area (Å²) in [7, 11) is 0. The van der Waals surface area contributed by atoms with Gasteiger partial charge in [-0.3, -0.25) is 0 Å². The highest BCUT2D eigenvalue weighted by Gasteiger charge is 2.15. The number of hydrogen-bond donors (Lipinski definition) is 1. The van der Waals surface area contributed by atoms with Crippen molar-refractivity contribution in [2.45, 2.75) is 39.3 Å². The largest absolute Gasteiger partial charge is 0.377 e. The molecular formula is C12H20BrNOS. The van der Waals surface area contributed by atoms with E-state index in [2.05, 4.69) is 52.8 Å².